The Morgan fingerprint density at radius 1 is 1.37 bits per heavy atom. The Morgan fingerprint density at radius 3 is 2.77 bits per heavy atom. The number of nitrogens with two attached hydrogens (primary N) is 1. The maximum absolute atomic E-state index is 13.4. The second-order valence-electron chi connectivity index (χ2n) is 11.3. The molecule has 0 radical (unpaired) electrons. The van der Waals surface area contributed by atoms with Crippen molar-refractivity contribution in [3.63, 3.8) is 0 Å². The highest BCUT2D eigenvalue weighted by molar-refractivity contribution is 5.99. The largest absolute Gasteiger partial charge is 0.487 e. The van der Waals surface area contributed by atoms with E-state index in [2.05, 4.69) is 16.4 Å². The number of nitrogens with one attached hydrogen (secondary N) is 1. The third-order valence-corrected chi connectivity index (χ3v) is 7.75. The number of carbonyl (C=O) groups is 2. The third kappa shape index (κ3) is 5.32. The van der Waals surface area contributed by atoms with Crippen molar-refractivity contribution in [3.05, 3.63) is 29.3 Å². The van der Waals surface area contributed by atoms with Crippen molar-refractivity contribution in [1.29, 1.82) is 0 Å². The second kappa shape index (κ2) is 9.45. The van der Waals surface area contributed by atoms with Crippen LogP contribution in [-0.4, -0.2) is 53.6 Å². The summed E-state index contributed by atoms with van der Waals surface area (Å²) >= 11 is 0. The van der Waals surface area contributed by atoms with Gasteiger partial charge in [-0.2, -0.15) is 0 Å². The third-order valence-electron chi connectivity index (χ3n) is 7.75. The molecule has 8 nitrogen and oxygen atoms in total. The quantitative estimate of drug-likeness (QED) is 0.588. The van der Waals surface area contributed by atoms with Crippen LogP contribution in [0.15, 0.2) is 23.2 Å². The van der Waals surface area contributed by atoms with E-state index in [1.165, 1.54) is 0 Å². The molecular formula is C27H40N4O4. The number of fused-ring (bicyclic) bond motifs is 1. The van der Waals surface area contributed by atoms with Crippen molar-refractivity contribution >= 4 is 17.8 Å². The van der Waals surface area contributed by atoms with Crippen LogP contribution >= 0.6 is 0 Å². The number of aryl methyl sites for hydroxylation is 1. The van der Waals surface area contributed by atoms with Crippen molar-refractivity contribution in [2.45, 2.75) is 89.9 Å². The molecule has 0 aromatic heterocycles. The molecule has 8 heteroatoms. The predicted octanol–water partition coefficient (Wildman–Crippen LogP) is 3.47. The molecule has 3 aliphatic rings. The number of amides is 2. The van der Waals surface area contributed by atoms with Gasteiger partial charge in [0.2, 0.25) is 11.8 Å². The van der Waals surface area contributed by atoms with Crippen molar-refractivity contribution in [1.82, 2.24) is 10.2 Å². The van der Waals surface area contributed by atoms with Gasteiger partial charge in [0.1, 0.15) is 11.4 Å². The molecule has 192 valence electrons. The topological polar surface area (TPSA) is 106 Å². The molecule has 1 aliphatic carbocycles. The van der Waals surface area contributed by atoms with Crippen molar-refractivity contribution < 1.29 is 19.1 Å². The normalized spacial score (nSPS) is 30.1. The fourth-order valence-electron chi connectivity index (χ4n) is 5.56. The number of carbonyl (C=O) groups excluding carboxylic acids is 2. The van der Waals surface area contributed by atoms with Gasteiger partial charge in [-0.3, -0.25) is 14.5 Å². The van der Waals surface area contributed by atoms with E-state index >= 15 is 0 Å². The summed E-state index contributed by atoms with van der Waals surface area (Å²) in [5, 5.41) is 3.29. The molecule has 5 atom stereocenters. The van der Waals surface area contributed by atoms with E-state index < -0.39 is 5.54 Å². The summed E-state index contributed by atoms with van der Waals surface area (Å²) in [4.78, 5) is 32.9. The first-order valence-electron chi connectivity index (χ1n) is 12.7. The number of hydrogen-bond acceptors (Lipinski definition) is 6. The number of hydrogen-bond donors (Lipinski definition) is 2. The number of methoxy groups -OCH3 is 1. The van der Waals surface area contributed by atoms with Crippen LogP contribution in [0.3, 0.4) is 0 Å². The second-order valence-corrected chi connectivity index (χ2v) is 11.3. The number of aliphatic imine (C=N–C) groups is 1. The molecule has 1 saturated carbocycles. The van der Waals surface area contributed by atoms with E-state index in [-0.39, 0.29) is 47.3 Å². The Morgan fingerprint density at radius 2 is 2.11 bits per heavy atom. The molecule has 35 heavy (non-hydrogen) atoms. The summed E-state index contributed by atoms with van der Waals surface area (Å²) in [6.07, 6.45) is 3.09. The molecule has 2 aliphatic heterocycles. The molecule has 0 saturated heterocycles. The standard InChI is InChI=1S/C27H40N4O4/c1-7-27(5)15-23(32)31(25(28)30-27)21(10-11-34-6)17-13-18(17)24(33)29-20-14-26(3,4)35-22-9-8-16(2)12-19(20)22/h8-9,12,17-18,20-21H,7,10-11,13-15H2,1-6H3,(H2,28,30)(H,29,33)/t17-,18-,20-,21+,27-/m0/s1. The Balaban J connectivity index is 1.51. The maximum Gasteiger partial charge on any atom is 0.231 e. The van der Waals surface area contributed by atoms with E-state index in [0.29, 0.717) is 25.9 Å². The van der Waals surface area contributed by atoms with E-state index in [9.17, 15) is 9.59 Å². The fourth-order valence-corrected chi connectivity index (χ4v) is 5.56. The predicted molar refractivity (Wildman–Crippen MR) is 135 cm³/mol. The van der Waals surface area contributed by atoms with Crippen molar-refractivity contribution in [2.75, 3.05) is 13.7 Å². The highest BCUT2D eigenvalue weighted by Crippen LogP contribution is 2.47. The smallest absolute Gasteiger partial charge is 0.231 e. The summed E-state index contributed by atoms with van der Waals surface area (Å²) in [5.74, 6) is 0.933. The molecule has 0 bridgehead atoms. The lowest BCUT2D eigenvalue weighted by Crippen LogP contribution is -2.56. The summed E-state index contributed by atoms with van der Waals surface area (Å²) < 4.78 is 11.5. The summed E-state index contributed by atoms with van der Waals surface area (Å²) in [7, 11) is 1.64. The molecule has 1 aromatic rings. The first kappa shape index (κ1) is 25.5. The molecule has 0 spiro atoms. The minimum atomic E-state index is -0.467. The Bertz CT molecular complexity index is 1020. The van der Waals surface area contributed by atoms with Crippen LogP contribution in [0.5, 0.6) is 5.75 Å². The van der Waals surface area contributed by atoms with Crippen LogP contribution in [0, 0.1) is 18.8 Å². The van der Waals surface area contributed by atoms with Gasteiger partial charge in [-0.25, -0.2) is 4.99 Å². The van der Waals surface area contributed by atoms with E-state index in [0.717, 1.165) is 29.7 Å². The van der Waals surface area contributed by atoms with Crippen LogP contribution in [0.1, 0.15) is 77.0 Å². The Hall–Kier alpha value is -2.61. The first-order valence-corrected chi connectivity index (χ1v) is 12.7. The SMILES string of the molecule is CC[C@@]1(C)CC(=O)N([C@H](CCOC)[C@H]2C[C@@H]2C(=O)N[C@H]2CC(C)(C)Oc3ccc(C)cc32)C(N)=N1. The van der Waals surface area contributed by atoms with E-state index in [1.807, 2.05) is 46.8 Å². The molecule has 1 aromatic carbocycles. The average Bonchev–Trinajstić information content (AvgIpc) is 3.56. The zero-order chi connectivity index (χ0) is 25.5. The summed E-state index contributed by atoms with van der Waals surface area (Å²) in [5.41, 5.74) is 7.64. The van der Waals surface area contributed by atoms with Crippen LogP contribution in [-0.2, 0) is 14.3 Å². The van der Waals surface area contributed by atoms with Gasteiger partial charge in [0.25, 0.3) is 0 Å². The highest BCUT2D eigenvalue weighted by Gasteiger charge is 2.52. The molecule has 2 amide bonds. The minimum absolute atomic E-state index is 0.0194. The van der Waals surface area contributed by atoms with Gasteiger partial charge in [0.05, 0.1) is 18.0 Å². The van der Waals surface area contributed by atoms with Gasteiger partial charge in [0.15, 0.2) is 5.96 Å². The first-order chi connectivity index (χ1) is 16.5. The molecule has 1 fully saturated rings. The number of guanidine groups is 1. The number of ether oxygens (including phenoxy) is 2. The summed E-state index contributed by atoms with van der Waals surface area (Å²) in [6.45, 7) is 10.6. The molecule has 3 N–H and O–H groups in total. The van der Waals surface area contributed by atoms with Crippen LogP contribution in [0.25, 0.3) is 0 Å². The zero-order valence-corrected chi connectivity index (χ0v) is 21.9. The van der Waals surface area contributed by atoms with Crippen LogP contribution in [0.2, 0.25) is 0 Å². The lowest BCUT2D eigenvalue weighted by Gasteiger charge is -2.39. The lowest BCUT2D eigenvalue weighted by molar-refractivity contribution is -0.132. The molecule has 4 rings (SSSR count). The Kier molecular flexibility index (Phi) is 6.88. The van der Waals surface area contributed by atoms with Gasteiger partial charge in [-0.05, 0) is 58.9 Å². The van der Waals surface area contributed by atoms with Crippen LogP contribution in [0.4, 0.5) is 0 Å². The van der Waals surface area contributed by atoms with Crippen molar-refractivity contribution in [2.24, 2.45) is 22.6 Å². The molecular weight excluding hydrogens is 444 g/mol. The lowest BCUT2D eigenvalue weighted by atomic mass is 9.88. The monoisotopic (exact) mass is 484 g/mol. The summed E-state index contributed by atoms with van der Waals surface area (Å²) in [6, 6.07) is 5.79. The van der Waals surface area contributed by atoms with Gasteiger partial charge >= 0.3 is 0 Å². The van der Waals surface area contributed by atoms with E-state index in [4.69, 9.17) is 15.2 Å². The molecule has 2 heterocycles. The number of benzene rings is 1. The minimum Gasteiger partial charge on any atom is -0.487 e. The van der Waals surface area contributed by atoms with Gasteiger partial charge in [-0.15, -0.1) is 0 Å². The number of nitrogens with zero attached hydrogens (tertiary/aromatic N) is 2. The van der Waals surface area contributed by atoms with Crippen molar-refractivity contribution in [3.8, 4) is 5.75 Å². The van der Waals surface area contributed by atoms with Gasteiger partial charge < -0.3 is 20.5 Å². The van der Waals surface area contributed by atoms with E-state index in [1.54, 1.807) is 12.0 Å². The molecule has 0 unspecified atom stereocenters. The Labute approximate surface area is 208 Å². The zero-order valence-electron chi connectivity index (χ0n) is 21.9. The fraction of sp³-hybridized carbons (Fsp3) is 0.667. The average molecular weight is 485 g/mol. The van der Waals surface area contributed by atoms with Gasteiger partial charge in [0, 0.05) is 37.7 Å². The maximum atomic E-state index is 13.4. The highest BCUT2D eigenvalue weighted by atomic mass is 16.5. The van der Waals surface area contributed by atoms with Gasteiger partial charge in [-0.1, -0.05) is 24.6 Å². The van der Waals surface area contributed by atoms with Crippen LogP contribution < -0.4 is 15.8 Å². The number of rotatable bonds is 8.